The highest BCUT2D eigenvalue weighted by Crippen LogP contribution is 2.30. The molecule has 0 aliphatic heterocycles. The zero-order valence-electron chi connectivity index (χ0n) is 7.18. The van der Waals surface area contributed by atoms with Crippen LogP contribution in [0.15, 0.2) is 24.3 Å². The van der Waals surface area contributed by atoms with Crippen molar-refractivity contribution in [1.82, 2.24) is 0 Å². The molecule has 1 nitrogen and oxygen atoms in total. The Bertz CT molecular complexity index is 362. The fraction of sp³-hybridized carbons (Fsp3) is 0.200. The molecule has 1 aromatic rings. The van der Waals surface area contributed by atoms with E-state index in [0.29, 0.717) is 5.56 Å². The number of hydrogen-bond donors (Lipinski definition) is 1. The second-order valence-corrected chi connectivity index (χ2v) is 2.77. The second-order valence-electron chi connectivity index (χ2n) is 2.77. The van der Waals surface area contributed by atoms with E-state index in [9.17, 15) is 13.2 Å². The van der Waals surface area contributed by atoms with Gasteiger partial charge < -0.3 is 5.73 Å². The summed E-state index contributed by atoms with van der Waals surface area (Å²) in [6.45, 7) is 0. The van der Waals surface area contributed by atoms with Crippen LogP contribution in [0, 0.1) is 12.3 Å². The third-order valence-corrected chi connectivity index (χ3v) is 1.75. The van der Waals surface area contributed by atoms with Crippen molar-refractivity contribution in [2.75, 3.05) is 0 Å². The molecule has 1 atom stereocenters. The van der Waals surface area contributed by atoms with Crippen LogP contribution in [0.1, 0.15) is 17.2 Å². The highest BCUT2D eigenvalue weighted by Gasteiger charge is 2.30. The molecule has 0 fully saturated rings. The van der Waals surface area contributed by atoms with Gasteiger partial charge >= 0.3 is 6.18 Å². The molecule has 1 rings (SSSR count). The lowest BCUT2D eigenvalue weighted by molar-refractivity contribution is -0.137. The molecule has 0 aliphatic carbocycles. The van der Waals surface area contributed by atoms with E-state index in [0.717, 1.165) is 12.1 Å². The third-order valence-electron chi connectivity index (χ3n) is 1.75. The average molecular weight is 199 g/mol. The van der Waals surface area contributed by atoms with Crippen molar-refractivity contribution < 1.29 is 13.2 Å². The Morgan fingerprint density at radius 2 is 2.00 bits per heavy atom. The zero-order valence-corrected chi connectivity index (χ0v) is 7.18. The van der Waals surface area contributed by atoms with E-state index in [2.05, 4.69) is 5.92 Å². The number of alkyl halides is 3. The Morgan fingerprint density at radius 1 is 1.36 bits per heavy atom. The first-order valence-electron chi connectivity index (χ1n) is 3.84. The Balaban J connectivity index is 3.09. The lowest BCUT2D eigenvalue weighted by Gasteiger charge is -2.09. The molecule has 1 aromatic carbocycles. The van der Waals surface area contributed by atoms with Crippen LogP contribution in [0.5, 0.6) is 0 Å². The molecule has 0 spiro atoms. The number of rotatable bonds is 1. The first kappa shape index (κ1) is 10.6. The number of halogens is 3. The summed E-state index contributed by atoms with van der Waals surface area (Å²) in [6.07, 6.45) is 0.650. The fourth-order valence-corrected chi connectivity index (χ4v) is 1.00. The van der Waals surface area contributed by atoms with Crippen molar-refractivity contribution in [1.29, 1.82) is 0 Å². The maximum absolute atomic E-state index is 12.2. The molecule has 0 aliphatic rings. The third kappa shape index (κ3) is 2.27. The van der Waals surface area contributed by atoms with Crippen LogP contribution >= 0.6 is 0 Å². The molecule has 0 saturated carbocycles. The van der Waals surface area contributed by atoms with E-state index in [4.69, 9.17) is 12.2 Å². The Labute approximate surface area is 79.7 Å². The highest BCUT2D eigenvalue weighted by atomic mass is 19.4. The van der Waals surface area contributed by atoms with Crippen LogP contribution < -0.4 is 5.73 Å². The van der Waals surface area contributed by atoms with E-state index >= 15 is 0 Å². The van der Waals surface area contributed by atoms with Gasteiger partial charge in [-0.05, 0) is 17.7 Å². The number of benzene rings is 1. The lowest BCUT2D eigenvalue weighted by Crippen LogP contribution is -2.10. The smallest absolute Gasteiger partial charge is 0.314 e. The summed E-state index contributed by atoms with van der Waals surface area (Å²) >= 11 is 0. The highest BCUT2D eigenvalue weighted by molar-refractivity contribution is 5.31. The molecular formula is C10H8F3N. The molecule has 0 heterocycles. The van der Waals surface area contributed by atoms with Gasteiger partial charge in [-0.25, -0.2) is 0 Å². The van der Waals surface area contributed by atoms with Gasteiger partial charge in [-0.1, -0.05) is 18.1 Å². The molecule has 0 radical (unpaired) electrons. The van der Waals surface area contributed by atoms with E-state index in [1.54, 1.807) is 0 Å². The molecule has 14 heavy (non-hydrogen) atoms. The summed E-state index contributed by atoms with van der Waals surface area (Å²) < 4.78 is 36.7. The van der Waals surface area contributed by atoms with E-state index in [1.807, 2.05) is 0 Å². The quantitative estimate of drug-likeness (QED) is 0.690. The normalized spacial score (nSPS) is 13.4. The summed E-state index contributed by atoms with van der Waals surface area (Å²) in [5.41, 5.74) is 4.96. The topological polar surface area (TPSA) is 26.0 Å². The summed E-state index contributed by atoms with van der Waals surface area (Å²) in [7, 11) is 0. The number of nitrogens with two attached hydrogens (primary N) is 1. The van der Waals surface area contributed by atoms with Crippen LogP contribution in [0.25, 0.3) is 0 Å². The minimum atomic E-state index is -4.36. The largest absolute Gasteiger partial charge is 0.416 e. The summed E-state index contributed by atoms with van der Waals surface area (Å²) in [6, 6.07) is 3.91. The molecule has 0 saturated heterocycles. The molecule has 74 valence electrons. The van der Waals surface area contributed by atoms with E-state index < -0.39 is 17.8 Å². The van der Waals surface area contributed by atoms with Crippen LogP contribution in [-0.2, 0) is 6.18 Å². The van der Waals surface area contributed by atoms with Crippen molar-refractivity contribution >= 4 is 0 Å². The van der Waals surface area contributed by atoms with Crippen LogP contribution in [0.4, 0.5) is 13.2 Å². The van der Waals surface area contributed by atoms with Crippen molar-refractivity contribution in [2.24, 2.45) is 5.73 Å². The number of hydrogen-bond acceptors (Lipinski definition) is 1. The molecule has 0 bridgehead atoms. The van der Waals surface area contributed by atoms with Gasteiger partial charge in [0.15, 0.2) is 0 Å². The van der Waals surface area contributed by atoms with Gasteiger partial charge in [0, 0.05) is 0 Å². The zero-order chi connectivity index (χ0) is 10.8. The minimum Gasteiger partial charge on any atom is -0.314 e. The van der Waals surface area contributed by atoms with Crippen molar-refractivity contribution in [3.8, 4) is 12.3 Å². The Hall–Kier alpha value is -1.47. The lowest BCUT2D eigenvalue weighted by atomic mass is 10.1. The summed E-state index contributed by atoms with van der Waals surface area (Å²) in [4.78, 5) is 0. The minimum absolute atomic E-state index is 0.294. The molecule has 2 N–H and O–H groups in total. The van der Waals surface area contributed by atoms with Crippen LogP contribution in [0.2, 0.25) is 0 Å². The van der Waals surface area contributed by atoms with Gasteiger partial charge in [-0.2, -0.15) is 13.2 Å². The van der Waals surface area contributed by atoms with Crippen molar-refractivity contribution in [2.45, 2.75) is 12.2 Å². The van der Waals surface area contributed by atoms with E-state index in [1.165, 1.54) is 12.1 Å². The van der Waals surface area contributed by atoms with E-state index in [-0.39, 0.29) is 0 Å². The van der Waals surface area contributed by atoms with Gasteiger partial charge in [0.1, 0.15) is 0 Å². The van der Waals surface area contributed by atoms with Gasteiger partial charge in [0.2, 0.25) is 0 Å². The van der Waals surface area contributed by atoms with Crippen LogP contribution in [-0.4, -0.2) is 0 Å². The molecule has 0 aromatic heterocycles. The van der Waals surface area contributed by atoms with Gasteiger partial charge in [0.05, 0.1) is 11.6 Å². The van der Waals surface area contributed by atoms with Gasteiger partial charge in [-0.3, -0.25) is 0 Å². The monoisotopic (exact) mass is 199 g/mol. The maximum Gasteiger partial charge on any atom is 0.416 e. The summed E-state index contributed by atoms with van der Waals surface area (Å²) in [5, 5.41) is 0. The maximum atomic E-state index is 12.2. The SMILES string of the molecule is C#C[C@@H](N)c1cccc(C(F)(F)F)c1. The Kier molecular flexibility index (Phi) is 2.82. The standard InChI is InChI=1S/C10H8F3N/c1-2-9(14)7-4-3-5-8(6-7)10(11,12)13/h1,3-6,9H,14H2/t9-/m1/s1. The van der Waals surface area contributed by atoms with Gasteiger partial charge in [-0.15, -0.1) is 6.42 Å². The van der Waals surface area contributed by atoms with Crippen molar-refractivity contribution in [3.63, 3.8) is 0 Å². The number of terminal acetylenes is 1. The first-order chi connectivity index (χ1) is 6.45. The fourth-order valence-electron chi connectivity index (χ4n) is 1.00. The summed E-state index contributed by atoms with van der Waals surface area (Å²) in [5.74, 6) is 2.17. The van der Waals surface area contributed by atoms with Crippen molar-refractivity contribution in [3.05, 3.63) is 35.4 Å². The molecule has 4 heteroatoms. The average Bonchev–Trinajstić information content (AvgIpc) is 2.15. The predicted octanol–water partition coefficient (Wildman–Crippen LogP) is 2.34. The Morgan fingerprint density at radius 3 is 2.50 bits per heavy atom. The van der Waals surface area contributed by atoms with Gasteiger partial charge in [0.25, 0.3) is 0 Å². The predicted molar refractivity (Wildman–Crippen MR) is 47.2 cm³/mol. The molecule has 0 unspecified atom stereocenters. The molecule has 0 amide bonds. The molecular weight excluding hydrogens is 191 g/mol. The second kappa shape index (κ2) is 3.72. The van der Waals surface area contributed by atoms with Crippen LogP contribution in [0.3, 0.4) is 0 Å². The first-order valence-corrected chi connectivity index (χ1v) is 3.84.